The van der Waals surface area contributed by atoms with E-state index in [1.807, 2.05) is 12.1 Å². The number of methoxy groups -OCH3 is 1. The number of ether oxygens (including phenoxy) is 1. The van der Waals surface area contributed by atoms with E-state index in [1.54, 1.807) is 7.11 Å². The fourth-order valence-corrected chi connectivity index (χ4v) is 3.13. The zero-order valence-corrected chi connectivity index (χ0v) is 13.1. The van der Waals surface area contributed by atoms with Gasteiger partial charge in [-0.1, -0.05) is 29.8 Å². The smallest absolute Gasteiger partial charge is 0.0637 e. The fourth-order valence-electron chi connectivity index (χ4n) is 2.81. The molecule has 0 bridgehead atoms. The number of nitrogens with one attached hydrogen (secondary N) is 1. The Morgan fingerprint density at radius 2 is 2.00 bits per heavy atom. The van der Waals surface area contributed by atoms with Gasteiger partial charge in [0.25, 0.3) is 0 Å². The van der Waals surface area contributed by atoms with Crippen LogP contribution in [0.2, 0.25) is 5.02 Å². The van der Waals surface area contributed by atoms with Gasteiger partial charge in [0.05, 0.1) is 5.60 Å². The van der Waals surface area contributed by atoms with Crippen molar-refractivity contribution in [2.24, 2.45) is 0 Å². The van der Waals surface area contributed by atoms with E-state index in [0.29, 0.717) is 6.04 Å². The van der Waals surface area contributed by atoms with Crippen LogP contribution in [0.3, 0.4) is 0 Å². The summed E-state index contributed by atoms with van der Waals surface area (Å²) in [5.41, 5.74) is 1.23. The highest BCUT2D eigenvalue weighted by Crippen LogP contribution is 2.48. The topological polar surface area (TPSA) is 21.3 Å². The minimum absolute atomic E-state index is 0.0849. The average molecular weight is 282 g/mol. The van der Waals surface area contributed by atoms with Crippen molar-refractivity contribution < 1.29 is 4.74 Å². The molecule has 0 spiro atoms. The second-order valence-electron chi connectivity index (χ2n) is 6.28. The lowest BCUT2D eigenvalue weighted by Gasteiger charge is -2.30. The molecular formula is C16H24ClNO. The minimum atomic E-state index is -0.0943. The first-order valence-corrected chi connectivity index (χ1v) is 7.34. The van der Waals surface area contributed by atoms with Crippen molar-refractivity contribution in [2.45, 2.75) is 57.2 Å². The number of benzene rings is 1. The lowest BCUT2D eigenvalue weighted by atomic mass is 9.97. The number of hydrogen-bond donors (Lipinski definition) is 1. The number of halogens is 1. The normalized spacial score (nSPS) is 19.2. The van der Waals surface area contributed by atoms with E-state index in [-0.39, 0.29) is 11.1 Å². The molecule has 0 heterocycles. The lowest BCUT2D eigenvalue weighted by Crippen LogP contribution is -2.41. The van der Waals surface area contributed by atoms with E-state index < -0.39 is 0 Å². The highest BCUT2D eigenvalue weighted by atomic mass is 35.5. The van der Waals surface area contributed by atoms with Crippen LogP contribution in [-0.2, 0) is 10.3 Å². The fraction of sp³-hybridized carbons (Fsp3) is 0.625. The third-order valence-corrected chi connectivity index (χ3v) is 4.34. The molecule has 19 heavy (non-hydrogen) atoms. The summed E-state index contributed by atoms with van der Waals surface area (Å²) < 4.78 is 5.51. The first-order valence-electron chi connectivity index (χ1n) is 6.96. The third kappa shape index (κ3) is 3.50. The Labute approximate surface area is 121 Å². The van der Waals surface area contributed by atoms with E-state index in [0.717, 1.165) is 24.3 Å². The van der Waals surface area contributed by atoms with E-state index in [1.165, 1.54) is 5.56 Å². The van der Waals surface area contributed by atoms with Crippen LogP contribution in [0.4, 0.5) is 0 Å². The second kappa shape index (κ2) is 5.43. The zero-order valence-electron chi connectivity index (χ0n) is 12.3. The van der Waals surface area contributed by atoms with E-state index in [4.69, 9.17) is 16.3 Å². The lowest BCUT2D eigenvalue weighted by molar-refractivity contribution is 0.00730. The first-order chi connectivity index (χ1) is 8.88. The predicted molar refractivity (Wildman–Crippen MR) is 80.7 cm³/mol. The molecule has 1 saturated carbocycles. The minimum Gasteiger partial charge on any atom is -0.379 e. The largest absolute Gasteiger partial charge is 0.379 e. The SMILES string of the molecule is COC(C)(C)CC(C)NC1(c2ccccc2Cl)CC1. The Morgan fingerprint density at radius 3 is 2.53 bits per heavy atom. The van der Waals surface area contributed by atoms with Crippen molar-refractivity contribution in [3.8, 4) is 0 Å². The van der Waals surface area contributed by atoms with Crippen LogP contribution in [0, 0.1) is 0 Å². The summed E-state index contributed by atoms with van der Waals surface area (Å²) in [6.07, 6.45) is 3.30. The average Bonchev–Trinajstić information content (AvgIpc) is 3.09. The summed E-state index contributed by atoms with van der Waals surface area (Å²) in [5.74, 6) is 0. The van der Waals surface area contributed by atoms with Crippen LogP contribution in [0.5, 0.6) is 0 Å². The van der Waals surface area contributed by atoms with Crippen LogP contribution in [-0.4, -0.2) is 18.8 Å². The van der Waals surface area contributed by atoms with E-state index >= 15 is 0 Å². The van der Waals surface area contributed by atoms with Gasteiger partial charge in [-0.25, -0.2) is 0 Å². The van der Waals surface area contributed by atoms with E-state index in [9.17, 15) is 0 Å². The van der Waals surface area contributed by atoms with Gasteiger partial charge in [0.1, 0.15) is 0 Å². The summed E-state index contributed by atoms with van der Waals surface area (Å²) in [5, 5.41) is 4.62. The van der Waals surface area contributed by atoms with Crippen LogP contribution in [0.1, 0.15) is 45.6 Å². The Bertz CT molecular complexity index is 440. The second-order valence-corrected chi connectivity index (χ2v) is 6.68. The zero-order chi connectivity index (χ0) is 14.1. The summed E-state index contributed by atoms with van der Waals surface area (Å²) in [6, 6.07) is 8.55. The van der Waals surface area contributed by atoms with Crippen LogP contribution in [0.15, 0.2) is 24.3 Å². The molecule has 1 N–H and O–H groups in total. The molecule has 1 aromatic rings. The maximum absolute atomic E-state index is 6.33. The molecule has 0 amide bonds. The van der Waals surface area contributed by atoms with Crippen molar-refractivity contribution in [3.05, 3.63) is 34.9 Å². The van der Waals surface area contributed by atoms with Gasteiger partial charge in [0.15, 0.2) is 0 Å². The standard InChI is InChI=1S/C16H24ClNO/c1-12(11-15(2,3)19-4)18-16(9-10-16)13-7-5-6-8-14(13)17/h5-8,12,18H,9-11H2,1-4H3. The van der Waals surface area contributed by atoms with Gasteiger partial charge in [0, 0.05) is 23.7 Å². The van der Waals surface area contributed by atoms with Gasteiger partial charge in [-0.3, -0.25) is 0 Å². The summed E-state index contributed by atoms with van der Waals surface area (Å²) in [7, 11) is 1.77. The van der Waals surface area contributed by atoms with Crippen LogP contribution >= 0.6 is 11.6 Å². The molecular weight excluding hydrogens is 258 g/mol. The molecule has 1 aliphatic carbocycles. The molecule has 1 fully saturated rings. The monoisotopic (exact) mass is 281 g/mol. The van der Waals surface area contributed by atoms with Crippen molar-refractivity contribution in [3.63, 3.8) is 0 Å². The van der Waals surface area contributed by atoms with Gasteiger partial charge in [0.2, 0.25) is 0 Å². The van der Waals surface area contributed by atoms with Gasteiger partial charge >= 0.3 is 0 Å². The van der Waals surface area contributed by atoms with Crippen LogP contribution in [0.25, 0.3) is 0 Å². The highest BCUT2D eigenvalue weighted by Gasteiger charge is 2.46. The molecule has 2 nitrogen and oxygen atoms in total. The van der Waals surface area contributed by atoms with Gasteiger partial charge in [-0.2, -0.15) is 0 Å². The van der Waals surface area contributed by atoms with Gasteiger partial charge in [-0.15, -0.1) is 0 Å². The number of rotatable bonds is 6. The summed E-state index contributed by atoms with van der Waals surface area (Å²) >= 11 is 6.33. The Kier molecular flexibility index (Phi) is 4.24. The van der Waals surface area contributed by atoms with Crippen molar-refractivity contribution in [1.29, 1.82) is 0 Å². The highest BCUT2D eigenvalue weighted by molar-refractivity contribution is 6.31. The maximum Gasteiger partial charge on any atom is 0.0637 e. The first kappa shape index (κ1) is 14.8. The van der Waals surface area contributed by atoms with E-state index in [2.05, 4.69) is 38.2 Å². The molecule has 3 heteroatoms. The Hall–Kier alpha value is -0.570. The molecule has 1 unspecified atom stereocenters. The summed E-state index contributed by atoms with van der Waals surface area (Å²) in [4.78, 5) is 0. The number of hydrogen-bond acceptors (Lipinski definition) is 2. The third-order valence-electron chi connectivity index (χ3n) is 4.01. The molecule has 1 aliphatic rings. The maximum atomic E-state index is 6.33. The Balaban J connectivity index is 2.05. The molecule has 2 rings (SSSR count). The molecule has 106 valence electrons. The molecule has 0 aliphatic heterocycles. The summed E-state index contributed by atoms with van der Waals surface area (Å²) in [6.45, 7) is 6.47. The van der Waals surface area contributed by atoms with Gasteiger partial charge in [-0.05, 0) is 51.7 Å². The van der Waals surface area contributed by atoms with Crippen LogP contribution < -0.4 is 5.32 Å². The molecule has 1 aromatic carbocycles. The molecule has 0 saturated heterocycles. The molecule has 1 atom stereocenters. The van der Waals surface area contributed by atoms with Gasteiger partial charge < -0.3 is 10.1 Å². The molecule has 0 radical (unpaired) electrons. The van der Waals surface area contributed by atoms with Crippen molar-refractivity contribution >= 4 is 11.6 Å². The predicted octanol–water partition coefficient (Wildman–Crippen LogP) is 4.12. The Morgan fingerprint density at radius 1 is 1.37 bits per heavy atom. The van der Waals surface area contributed by atoms with Crippen molar-refractivity contribution in [2.75, 3.05) is 7.11 Å². The van der Waals surface area contributed by atoms with Crippen molar-refractivity contribution in [1.82, 2.24) is 5.32 Å². The molecule has 0 aromatic heterocycles. The quantitative estimate of drug-likeness (QED) is 0.847.